The first-order valence-electron chi connectivity index (χ1n) is 4.99. The number of hydrogen-bond donors (Lipinski definition) is 0. The molecule has 16 heavy (non-hydrogen) atoms. The lowest BCUT2D eigenvalue weighted by atomic mass is 10.1. The zero-order valence-electron chi connectivity index (χ0n) is 9.31. The second kappa shape index (κ2) is 5.80. The average molecular weight is 307 g/mol. The molecule has 0 heterocycles. The molecule has 1 unspecified atom stereocenters. The number of halogens is 1. The summed E-state index contributed by atoms with van der Waals surface area (Å²) >= 11 is 3.36. The lowest BCUT2D eigenvalue weighted by molar-refractivity contribution is 0.221. The van der Waals surface area contributed by atoms with Gasteiger partial charge in [0.05, 0.1) is 12.4 Å². The molecule has 0 radical (unpaired) electrons. The van der Waals surface area contributed by atoms with E-state index < -0.39 is 10.1 Å². The molecular weight excluding hydrogens is 292 g/mol. The first kappa shape index (κ1) is 13.7. The van der Waals surface area contributed by atoms with E-state index in [1.54, 1.807) is 6.92 Å². The molecular formula is C11H15BrO3S. The van der Waals surface area contributed by atoms with Crippen LogP contribution in [0, 0.1) is 0 Å². The van der Waals surface area contributed by atoms with Gasteiger partial charge in [0.2, 0.25) is 0 Å². The smallest absolute Gasteiger partial charge is 0.264 e. The molecule has 1 aromatic rings. The van der Waals surface area contributed by atoms with E-state index >= 15 is 0 Å². The summed E-state index contributed by atoms with van der Waals surface area (Å²) in [5.41, 5.74) is 1.17. The van der Waals surface area contributed by atoms with Crippen molar-refractivity contribution in [1.82, 2.24) is 0 Å². The van der Waals surface area contributed by atoms with Gasteiger partial charge in [-0.05, 0) is 37.5 Å². The van der Waals surface area contributed by atoms with E-state index in [0.29, 0.717) is 6.42 Å². The summed E-state index contributed by atoms with van der Waals surface area (Å²) in [5, 5.41) is 0. The highest BCUT2D eigenvalue weighted by molar-refractivity contribution is 9.10. The topological polar surface area (TPSA) is 43.4 Å². The molecule has 5 heteroatoms. The molecule has 1 atom stereocenters. The van der Waals surface area contributed by atoms with Crippen molar-refractivity contribution in [2.24, 2.45) is 0 Å². The second-order valence-corrected chi connectivity index (χ2v) is 6.29. The molecule has 0 aromatic heterocycles. The molecule has 0 amide bonds. The maximum Gasteiger partial charge on any atom is 0.264 e. The molecule has 1 rings (SSSR count). The Kier molecular flexibility index (Phi) is 4.95. The van der Waals surface area contributed by atoms with E-state index in [1.807, 2.05) is 24.3 Å². The maximum absolute atomic E-state index is 10.9. The Morgan fingerprint density at radius 2 is 1.88 bits per heavy atom. The quantitative estimate of drug-likeness (QED) is 0.786. The number of aryl methyl sites for hydroxylation is 1. The van der Waals surface area contributed by atoms with Crippen molar-refractivity contribution in [2.45, 2.75) is 25.9 Å². The first-order valence-corrected chi connectivity index (χ1v) is 7.60. The molecule has 1 aromatic carbocycles. The van der Waals surface area contributed by atoms with Crippen molar-refractivity contribution in [1.29, 1.82) is 0 Å². The van der Waals surface area contributed by atoms with Crippen molar-refractivity contribution in [3.05, 3.63) is 34.3 Å². The fourth-order valence-electron chi connectivity index (χ4n) is 1.37. The standard InChI is InChI=1S/C11H15BrO3S/c1-9(15-16(2,13)14)3-4-10-5-7-11(12)8-6-10/h5-9H,3-4H2,1-2H3. The van der Waals surface area contributed by atoms with Gasteiger partial charge in [-0.1, -0.05) is 28.1 Å². The van der Waals surface area contributed by atoms with Crippen molar-refractivity contribution in [3.8, 4) is 0 Å². The highest BCUT2D eigenvalue weighted by atomic mass is 79.9. The summed E-state index contributed by atoms with van der Waals surface area (Å²) in [7, 11) is -3.34. The van der Waals surface area contributed by atoms with Gasteiger partial charge < -0.3 is 0 Å². The van der Waals surface area contributed by atoms with Gasteiger partial charge in [-0.2, -0.15) is 8.42 Å². The molecule has 0 saturated carbocycles. The molecule has 90 valence electrons. The van der Waals surface area contributed by atoms with Crippen LogP contribution in [-0.4, -0.2) is 20.8 Å². The van der Waals surface area contributed by atoms with Crippen LogP contribution in [0.5, 0.6) is 0 Å². The summed E-state index contributed by atoms with van der Waals surface area (Å²) in [6, 6.07) is 7.96. The van der Waals surface area contributed by atoms with E-state index in [9.17, 15) is 8.42 Å². The summed E-state index contributed by atoms with van der Waals surface area (Å²) < 4.78 is 27.6. The van der Waals surface area contributed by atoms with Gasteiger partial charge in [-0.15, -0.1) is 0 Å². The SMILES string of the molecule is CC(CCc1ccc(Br)cc1)OS(C)(=O)=O. The largest absolute Gasteiger partial charge is 0.267 e. The molecule has 0 aliphatic rings. The third-order valence-electron chi connectivity index (χ3n) is 2.09. The molecule has 0 fully saturated rings. The van der Waals surface area contributed by atoms with Crippen LogP contribution in [0.2, 0.25) is 0 Å². The summed E-state index contributed by atoms with van der Waals surface area (Å²) in [4.78, 5) is 0. The third-order valence-corrected chi connectivity index (χ3v) is 3.30. The van der Waals surface area contributed by atoms with Gasteiger partial charge in [-0.25, -0.2) is 0 Å². The number of rotatable bonds is 5. The number of hydrogen-bond acceptors (Lipinski definition) is 3. The van der Waals surface area contributed by atoms with E-state index in [0.717, 1.165) is 17.1 Å². The Morgan fingerprint density at radius 3 is 2.38 bits per heavy atom. The van der Waals surface area contributed by atoms with E-state index in [1.165, 1.54) is 5.56 Å². The second-order valence-electron chi connectivity index (χ2n) is 3.78. The van der Waals surface area contributed by atoms with Crippen LogP contribution >= 0.6 is 15.9 Å². The molecule has 0 aliphatic carbocycles. The molecule has 0 saturated heterocycles. The van der Waals surface area contributed by atoms with Crippen LogP contribution in [0.4, 0.5) is 0 Å². The molecule has 0 bridgehead atoms. The molecule has 0 spiro atoms. The normalized spacial score (nSPS) is 13.7. The monoisotopic (exact) mass is 306 g/mol. The molecule has 0 aliphatic heterocycles. The van der Waals surface area contributed by atoms with Crippen molar-refractivity contribution < 1.29 is 12.6 Å². The third kappa shape index (κ3) is 5.63. The summed E-state index contributed by atoms with van der Waals surface area (Å²) in [6.45, 7) is 1.76. The van der Waals surface area contributed by atoms with Crippen LogP contribution < -0.4 is 0 Å². The Morgan fingerprint density at radius 1 is 1.31 bits per heavy atom. The lowest BCUT2D eigenvalue weighted by Crippen LogP contribution is -2.14. The predicted molar refractivity (Wildman–Crippen MR) is 67.9 cm³/mol. The maximum atomic E-state index is 10.9. The van der Waals surface area contributed by atoms with Crippen LogP contribution in [0.15, 0.2) is 28.7 Å². The van der Waals surface area contributed by atoms with E-state index in [4.69, 9.17) is 4.18 Å². The predicted octanol–water partition coefficient (Wildman–Crippen LogP) is 2.75. The lowest BCUT2D eigenvalue weighted by Gasteiger charge is -2.10. The summed E-state index contributed by atoms with van der Waals surface area (Å²) in [5.74, 6) is 0. The van der Waals surface area contributed by atoms with E-state index in [2.05, 4.69) is 15.9 Å². The van der Waals surface area contributed by atoms with Crippen molar-refractivity contribution in [2.75, 3.05) is 6.26 Å². The molecule has 3 nitrogen and oxygen atoms in total. The minimum atomic E-state index is -3.34. The van der Waals surface area contributed by atoms with Gasteiger partial charge in [0, 0.05) is 4.47 Å². The summed E-state index contributed by atoms with van der Waals surface area (Å²) in [6.07, 6.45) is 2.29. The van der Waals surface area contributed by atoms with Gasteiger partial charge in [0.1, 0.15) is 0 Å². The Labute approximate surface area is 105 Å². The highest BCUT2D eigenvalue weighted by Crippen LogP contribution is 2.13. The van der Waals surface area contributed by atoms with Crippen molar-refractivity contribution in [3.63, 3.8) is 0 Å². The fourth-order valence-corrected chi connectivity index (χ4v) is 2.32. The van der Waals surface area contributed by atoms with Gasteiger partial charge in [-0.3, -0.25) is 4.18 Å². The first-order chi connectivity index (χ1) is 7.37. The highest BCUT2D eigenvalue weighted by Gasteiger charge is 2.09. The van der Waals surface area contributed by atoms with Gasteiger partial charge in [0.25, 0.3) is 10.1 Å². The van der Waals surface area contributed by atoms with Crippen molar-refractivity contribution >= 4 is 26.0 Å². The van der Waals surface area contributed by atoms with Gasteiger partial charge >= 0.3 is 0 Å². The zero-order chi connectivity index (χ0) is 12.2. The van der Waals surface area contributed by atoms with Gasteiger partial charge in [0.15, 0.2) is 0 Å². The van der Waals surface area contributed by atoms with Crippen LogP contribution in [-0.2, 0) is 20.7 Å². The van der Waals surface area contributed by atoms with Crippen LogP contribution in [0.3, 0.4) is 0 Å². The minimum absolute atomic E-state index is 0.279. The Hall–Kier alpha value is -0.390. The minimum Gasteiger partial charge on any atom is -0.267 e. The number of benzene rings is 1. The fraction of sp³-hybridized carbons (Fsp3) is 0.455. The zero-order valence-corrected chi connectivity index (χ0v) is 11.7. The van der Waals surface area contributed by atoms with Crippen LogP contribution in [0.25, 0.3) is 0 Å². The average Bonchev–Trinajstić information content (AvgIpc) is 2.14. The van der Waals surface area contributed by atoms with E-state index in [-0.39, 0.29) is 6.10 Å². The Balaban J connectivity index is 2.43. The Bertz CT molecular complexity index is 425. The van der Waals surface area contributed by atoms with Crippen LogP contribution in [0.1, 0.15) is 18.9 Å². The molecule has 0 N–H and O–H groups in total.